The summed E-state index contributed by atoms with van der Waals surface area (Å²) in [6.07, 6.45) is 3.24. The summed E-state index contributed by atoms with van der Waals surface area (Å²) in [7, 11) is 0. The minimum absolute atomic E-state index is 0.0442. The molecule has 0 bridgehead atoms. The minimum Gasteiger partial charge on any atom is -0.340 e. The Kier molecular flexibility index (Phi) is 4.92. The Morgan fingerprint density at radius 2 is 1.68 bits per heavy atom. The number of fused-ring (bicyclic) bond motifs is 1. The van der Waals surface area contributed by atoms with Gasteiger partial charge >= 0.3 is 0 Å². The van der Waals surface area contributed by atoms with Crippen LogP contribution in [0.25, 0.3) is 5.69 Å². The highest BCUT2D eigenvalue weighted by molar-refractivity contribution is 5.97. The Labute approximate surface area is 181 Å². The van der Waals surface area contributed by atoms with E-state index in [2.05, 4.69) is 40.0 Å². The number of likely N-dealkylation sites (tertiary alicyclic amines) is 1. The van der Waals surface area contributed by atoms with Gasteiger partial charge < -0.3 is 9.80 Å². The van der Waals surface area contributed by atoms with E-state index in [4.69, 9.17) is 4.98 Å². The van der Waals surface area contributed by atoms with Gasteiger partial charge in [0.05, 0.1) is 23.6 Å². The predicted molar refractivity (Wildman–Crippen MR) is 117 cm³/mol. The van der Waals surface area contributed by atoms with E-state index in [0.29, 0.717) is 29.0 Å². The second-order valence-corrected chi connectivity index (χ2v) is 8.86. The molecule has 0 radical (unpaired) electrons. The third-order valence-electron chi connectivity index (χ3n) is 6.28. The van der Waals surface area contributed by atoms with Gasteiger partial charge in [0.2, 0.25) is 5.95 Å². The molecule has 2 atom stereocenters. The molecule has 0 saturated carbocycles. The highest BCUT2D eigenvalue weighted by atomic mass is 16.2. The van der Waals surface area contributed by atoms with Gasteiger partial charge in [0, 0.05) is 49.4 Å². The van der Waals surface area contributed by atoms with E-state index in [1.807, 2.05) is 36.1 Å². The Morgan fingerprint density at radius 1 is 1.00 bits per heavy atom. The molecule has 8 nitrogen and oxygen atoms in total. The van der Waals surface area contributed by atoms with Crippen LogP contribution >= 0.6 is 0 Å². The summed E-state index contributed by atoms with van der Waals surface area (Å²) < 4.78 is 0. The van der Waals surface area contributed by atoms with Gasteiger partial charge in [0.1, 0.15) is 0 Å². The lowest BCUT2D eigenvalue weighted by molar-refractivity contribution is 0.0782. The van der Waals surface area contributed by atoms with Crippen molar-refractivity contribution in [2.24, 2.45) is 11.8 Å². The average molecular weight is 418 g/mol. The van der Waals surface area contributed by atoms with E-state index in [-0.39, 0.29) is 5.91 Å². The van der Waals surface area contributed by atoms with Crippen LogP contribution in [0.15, 0.2) is 42.7 Å². The van der Waals surface area contributed by atoms with Crippen molar-refractivity contribution in [3.05, 3.63) is 59.7 Å². The van der Waals surface area contributed by atoms with Crippen LogP contribution in [0.2, 0.25) is 0 Å². The molecule has 0 N–H and O–H groups in total. The minimum atomic E-state index is 0.0442. The van der Waals surface area contributed by atoms with Crippen molar-refractivity contribution in [2.45, 2.75) is 26.7 Å². The molecule has 2 fully saturated rings. The summed E-state index contributed by atoms with van der Waals surface area (Å²) in [5, 5.41) is 8.40. The predicted octanol–water partition coefficient (Wildman–Crippen LogP) is 2.70. The number of rotatable bonds is 4. The summed E-state index contributed by atoms with van der Waals surface area (Å²) >= 11 is 0. The normalized spacial score (nSPS) is 20.5. The van der Waals surface area contributed by atoms with Crippen molar-refractivity contribution in [1.82, 2.24) is 29.9 Å². The summed E-state index contributed by atoms with van der Waals surface area (Å²) in [5.74, 6) is 2.12. The molecule has 2 unspecified atom stereocenters. The summed E-state index contributed by atoms with van der Waals surface area (Å²) in [5.41, 5.74) is 3.44. The quantitative estimate of drug-likeness (QED) is 0.649. The van der Waals surface area contributed by atoms with Gasteiger partial charge in [0.25, 0.3) is 5.91 Å². The molecule has 1 aromatic carbocycles. The van der Waals surface area contributed by atoms with Crippen LogP contribution in [0, 0.1) is 18.8 Å². The third-order valence-corrected chi connectivity index (χ3v) is 6.28. The Bertz CT molecular complexity index is 1080. The molecule has 2 aromatic heterocycles. The number of para-hydroxylation sites is 1. The molecule has 1 amide bonds. The van der Waals surface area contributed by atoms with E-state index in [0.717, 1.165) is 43.5 Å². The van der Waals surface area contributed by atoms with Crippen LogP contribution in [0.4, 0.5) is 5.95 Å². The van der Waals surface area contributed by atoms with Gasteiger partial charge in [-0.25, -0.2) is 9.97 Å². The highest BCUT2D eigenvalue weighted by Gasteiger charge is 2.43. The lowest BCUT2D eigenvalue weighted by Crippen LogP contribution is -2.34. The lowest BCUT2D eigenvalue weighted by Gasteiger charge is -2.23. The topological polar surface area (TPSA) is 80.0 Å². The van der Waals surface area contributed by atoms with Gasteiger partial charge in [-0.2, -0.15) is 15.0 Å². The van der Waals surface area contributed by atoms with Crippen molar-refractivity contribution in [3.63, 3.8) is 0 Å². The fourth-order valence-electron chi connectivity index (χ4n) is 4.68. The first-order chi connectivity index (χ1) is 15.0. The monoisotopic (exact) mass is 417 g/mol. The van der Waals surface area contributed by atoms with Crippen LogP contribution in [-0.4, -0.2) is 61.9 Å². The largest absolute Gasteiger partial charge is 0.340 e. The second-order valence-electron chi connectivity index (χ2n) is 8.86. The number of carbonyl (C=O) groups is 1. The maximum absolute atomic E-state index is 13.3. The summed E-state index contributed by atoms with van der Waals surface area (Å²) in [6, 6.07) is 9.60. The highest BCUT2D eigenvalue weighted by Crippen LogP contribution is 2.34. The van der Waals surface area contributed by atoms with Crippen LogP contribution < -0.4 is 4.90 Å². The zero-order chi connectivity index (χ0) is 21.5. The SMILES string of the molecule is Cc1cc(C(C)C)nc(N2CC3CN(C(=O)c4ccccc4-n4nccn4)CC3C2)n1. The number of amides is 1. The molecule has 0 aliphatic carbocycles. The van der Waals surface area contributed by atoms with E-state index in [1.54, 1.807) is 12.4 Å². The van der Waals surface area contributed by atoms with Gasteiger partial charge in [-0.15, -0.1) is 0 Å². The third kappa shape index (κ3) is 3.66. The van der Waals surface area contributed by atoms with Gasteiger partial charge in [-0.05, 0) is 31.0 Å². The van der Waals surface area contributed by atoms with Crippen molar-refractivity contribution < 1.29 is 4.79 Å². The Morgan fingerprint density at radius 3 is 2.35 bits per heavy atom. The van der Waals surface area contributed by atoms with Crippen LogP contribution in [0.5, 0.6) is 0 Å². The summed E-state index contributed by atoms with van der Waals surface area (Å²) in [6.45, 7) is 9.62. The number of nitrogens with zero attached hydrogens (tertiary/aromatic N) is 7. The van der Waals surface area contributed by atoms with Crippen LogP contribution in [-0.2, 0) is 0 Å². The van der Waals surface area contributed by atoms with E-state index in [1.165, 1.54) is 4.80 Å². The lowest BCUT2D eigenvalue weighted by atomic mass is 10.0. The first-order valence-electron chi connectivity index (χ1n) is 10.8. The molecule has 2 aliphatic heterocycles. The van der Waals surface area contributed by atoms with Gasteiger partial charge in [-0.1, -0.05) is 26.0 Å². The van der Waals surface area contributed by atoms with Crippen LogP contribution in [0.1, 0.15) is 41.5 Å². The van der Waals surface area contributed by atoms with Gasteiger partial charge in [0.15, 0.2) is 0 Å². The van der Waals surface area contributed by atoms with E-state index >= 15 is 0 Å². The number of hydrogen-bond donors (Lipinski definition) is 0. The number of hydrogen-bond acceptors (Lipinski definition) is 6. The molecular weight excluding hydrogens is 390 g/mol. The maximum atomic E-state index is 13.3. The number of aryl methyl sites for hydroxylation is 1. The molecule has 4 heterocycles. The standard InChI is InChI=1S/C23H27N7O/c1-15(2)20-10-16(3)26-23(27-20)29-13-17-11-28(12-18(17)14-29)22(31)19-6-4-5-7-21(19)30-24-8-9-25-30/h4-10,15,17-18H,11-14H2,1-3H3. The molecule has 0 spiro atoms. The first kappa shape index (κ1) is 19.7. The molecule has 31 heavy (non-hydrogen) atoms. The van der Waals surface area contributed by atoms with Crippen molar-refractivity contribution >= 4 is 11.9 Å². The van der Waals surface area contributed by atoms with Crippen molar-refractivity contribution in [2.75, 3.05) is 31.1 Å². The van der Waals surface area contributed by atoms with Gasteiger partial charge in [-0.3, -0.25) is 4.79 Å². The van der Waals surface area contributed by atoms with E-state index < -0.39 is 0 Å². The van der Waals surface area contributed by atoms with E-state index in [9.17, 15) is 4.79 Å². The maximum Gasteiger partial charge on any atom is 0.256 e. The molecular formula is C23H27N7O. The number of benzene rings is 1. The van der Waals surface area contributed by atoms with Crippen molar-refractivity contribution in [1.29, 1.82) is 0 Å². The van der Waals surface area contributed by atoms with Crippen molar-refractivity contribution in [3.8, 4) is 5.69 Å². The Balaban J connectivity index is 1.31. The molecule has 2 aliphatic rings. The fourth-order valence-corrected chi connectivity index (χ4v) is 4.68. The zero-order valence-electron chi connectivity index (χ0n) is 18.1. The summed E-state index contributed by atoms with van der Waals surface area (Å²) in [4.78, 5) is 28.6. The number of aromatic nitrogens is 5. The molecule has 2 saturated heterocycles. The second kappa shape index (κ2) is 7.76. The number of anilines is 1. The molecule has 3 aromatic rings. The average Bonchev–Trinajstić information content (AvgIpc) is 3.49. The van der Waals surface area contributed by atoms with Crippen LogP contribution in [0.3, 0.4) is 0 Å². The first-order valence-corrected chi connectivity index (χ1v) is 10.8. The smallest absolute Gasteiger partial charge is 0.256 e. The zero-order valence-corrected chi connectivity index (χ0v) is 18.1. The molecule has 8 heteroatoms. The Hall–Kier alpha value is -3.29. The number of carbonyl (C=O) groups excluding carboxylic acids is 1. The fraction of sp³-hybridized carbons (Fsp3) is 0.435. The molecule has 5 rings (SSSR count). The molecule has 160 valence electrons.